The molecule has 0 spiro atoms. The van der Waals surface area contributed by atoms with Crippen molar-refractivity contribution in [2.45, 2.75) is 0 Å². The molecule has 0 amide bonds. The van der Waals surface area contributed by atoms with Gasteiger partial charge in [-0.25, -0.2) is 0 Å². The van der Waals surface area contributed by atoms with Crippen molar-refractivity contribution in [1.29, 1.82) is 0 Å². The first kappa shape index (κ1) is 10.8. The van der Waals surface area contributed by atoms with Crippen molar-refractivity contribution in [2.75, 3.05) is 13.8 Å². The minimum atomic E-state index is -3.15. The second kappa shape index (κ2) is 3.86. The zero-order chi connectivity index (χ0) is 5.21. The molecule has 0 saturated carbocycles. The summed E-state index contributed by atoms with van der Waals surface area (Å²) in [6.45, 7) is 1.13. The van der Waals surface area contributed by atoms with Gasteiger partial charge in [0.15, 0.2) is 0 Å². The van der Waals surface area contributed by atoms with Gasteiger partial charge in [0.2, 0.25) is 0 Å². The van der Waals surface area contributed by atoms with Crippen molar-refractivity contribution in [3.05, 3.63) is 0 Å². The van der Waals surface area contributed by atoms with Crippen LogP contribution in [0.25, 0.3) is 0 Å². The molecule has 0 saturated heterocycles. The van der Waals surface area contributed by atoms with E-state index in [1.807, 2.05) is 0 Å². The fourth-order valence-corrected chi connectivity index (χ4v) is 0. The molecule has 42 valence electrons. The van der Waals surface area contributed by atoms with Crippen LogP contribution in [0, 0.1) is 0 Å². The molecule has 0 aliphatic rings. The molecule has 0 rings (SSSR count). The monoisotopic (exact) mass is 136 g/mol. The van der Waals surface area contributed by atoms with Gasteiger partial charge in [-0.2, -0.15) is 0 Å². The molecule has 1 atom stereocenters. The maximum Gasteiger partial charge on any atom is 2.00 e. The van der Waals surface area contributed by atoms with Gasteiger partial charge in [-0.15, -0.1) is 0 Å². The Bertz CT molecular complexity index is 83.9. The molecule has 0 aromatic heterocycles. The third-order valence-electron chi connectivity index (χ3n) is 0.339. The van der Waals surface area contributed by atoms with Crippen LogP contribution in [-0.2, 0) is 9.09 Å². The summed E-state index contributed by atoms with van der Waals surface area (Å²) in [6, 6.07) is 0. The molecule has 0 bridgehead atoms. The van der Waals surface area contributed by atoms with Gasteiger partial charge in [-0.3, -0.25) is 4.57 Å². The van der Waals surface area contributed by atoms with E-state index in [1.54, 1.807) is 0 Å². The molecule has 0 aromatic carbocycles. The van der Waals surface area contributed by atoms with Crippen LogP contribution in [-0.4, -0.2) is 41.7 Å². The summed E-state index contributed by atoms with van der Waals surface area (Å²) >= 11 is 0. The van der Waals surface area contributed by atoms with E-state index in [0.29, 0.717) is 0 Å². The minimum Gasteiger partial charge on any atom is -1.00 e. The second-order valence-electron chi connectivity index (χ2n) is 0.986. The van der Waals surface area contributed by atoms with Gasteiger partial charge >= 0.3 is 30.6 Å². The SMILES string of the molecule is COP(C)(=O)O.[H-].[H-].[Mg+2]. The van der Waals surface area contributed by atoms with Crippen LogP contribution in [0.5, 0.6) is 0 Å². The van der Waals surface area contributed by atoms with Gasteiger partial charge in [0, 0.05) is 13.8 Å². The molecular formula is C2H9MgO3P. The largest absolute Gasteiger partial charge is 2.00 e. The number of hydrogen-bond acceptors (Lipinski definition) is 2. The summed E-state index contributed by atoms with van der Waals surface area (Å²) in [5, 5.41) is 0. The third-order valence-corrected chi connectivity index (χ3v) is 1.02. The summed E-state index contributed by atoms with van der Waals surface area (Å²) in [4.78, 5) is 8.16. The van der Waals surface area contributed by atoms with Gasteiger partial charge in [0.1, 0.15) is 0 Å². The van der Waals surface area contributed by atoms with Gasteiger partial charge in [-0.05, 0) is 0 Å². The fraction of sp³-hybridized carbons (Fsp3) is 1.00. The molecule has 0 aromatic rings. The van der Waals surface area contributed by atoms with E-state index in [9.17, 15) is 4.57 Å². The van der Waals surface area contributed by atoms with Crippen molar-refractivity contribution in [3.8, 4) is 0 Å². The summed E-state index contributed by atoms with van der Waals surface area (Å²) in [5.74, 6) is 0. The van der Waals surface area contributed by atoms with Crippen LogP contribution in [0.1, 0.15) is 2.85 Å². The smallest absolute Gasteiger partial charge is 1.00 e. The Morgan fingerprint density at radius 3 is 2.00 bits per heavy atom. The van der Waals surface area contributed by atoms with Crippen LogP contribution < -0.4 is 0 Å². The summed E-state index contributed by atoms with van der Waals surface area (Å²) in [6.07, 6.45) is 0. The second-order valence-corrected chi connectivity index (χ2v) is 2.96. The van der Waals surface area contributed by atoms with Crippen molar-refractivity contribution in [2.24, 2.45) is 0 Å². The van der Waals surface area contributed by atoms with E-state index in [1.165, 1.54) is 7.11 Å². The van der Waals surface area contributed by atoms with Gasteiger partial charge in [0.05, 0.1) is 0 Å². The molecular weight excluding hydrogens is 127 g/mol. The molecule has 1 N–H and O–H groups in total. The number of rotatable bonds is 1. The van der Waals surface area contributed by atoms with Crippen molar-refractivity contribution in [1.82, 2.24) is 0 Å². The Morgan fingerprint density at radius 1 is 1.86 bits per heavy atom. The topological polar surface area (TPSA) is 46.5 Å². The van der Waals surface area contributed by atoms with Crippen LogP contribution in [0.15, 0.2) is 0 Å². The van der Waals surface area contributed by atoms with Crippen LogP contribution in [0.3, 0.4) is 0 Å². The normalized spacial score (nSPS) is 17.0. The molecule has 7 heavy (non-hydrogen) atoms. The van der Waals surface area contributed by atoms with E-state index in [-0.39, 0.29) is 25.9 Å². The van der Waals surface area contributed by atoms with Crippen molar-refractivity contribution < 1.29 is 16.8 Å². The van der Waals surface area contributed by atoms with Crippen LogP contribution in [0.2, 0.25) is 0 Å². The van der Waals surface area contributed by atoms with E-state index in [0.717, 1.165) is 6.66 Å². The molecule has 0 fully saturated rings. The van der Waals surface area contributed by atoms with Gasteiger partial charge < -0.3 is 12.3 Å². The minimum absolute atomic E-state index is 0. The Kier molecular flexibility index (Phi) is 5.97. The Hall–Kier alpha value is 0.916. The summed E-state index contributed by atoms with van der Waals surface area (Å²) < 4.78 is 14.0. The quantitative estimate of drug-likeness (QED) is 0.416. The van der Waals surface area contributed by atoms with E-state index < -0.39 is 7.60 Å². The fourth-order valence-electron chi connectivity index (χ4n) is 0. The van der Waals surface area contributed by atoms with Crippen LogP contribution >= 0.6 is 7.60 Å². The molecule has 3 nitrogen and oxygen atoms in total. The molecule has 0 heterocycles. The molecule has 0 radical (unpaired) electrons. The third kappa shape index (κ3) is 10.9. The Labute approximate surface area is 61.7 Å². The average molecular weight is 136 g/mol. The maximum absolute atomic E-state index is 9.92. The number of hydrogen-bond donors (Lipinski definition) is 1. The Balaban J connectivity index is -0.0000000417. The predicted molar refractivity (Wildman–Crippen MR) is 30.7 cm³/mol. The van der Waals surface area contributed by atoms with E-state index in [4.69, 9.17) is 4.89 Å². The summed E-state index contributed by atoms with van der Waals surface area (Å²) in [7, 11) is -1.95. The first-order chi connectivity index (χ1) is 2.56. The van der Waals surface area contributed by atoms with Gasteiger partial charge in [-0.1, -0.05) is 0 Å². The molecule has 1 unspecified atom stereocenters. The van der Waals surface area contributed by atoms with Crippen molar-refractivity contribution >= 4 is 30.6 Å². The molecule has 0 aliphatic carbocycles. The van der Waals surface area contributed by atoms with Gasteiger partial charge in [0.25, 0.3) is 0 Å². The zero-order valence-electron chi connectivity index (χ0n) is 6.42. The zero-order valence-corrected chi connectivity index (χ0v) is 6.73. The first-order valence-electron chi connectivity index (χ1n) is 1.42. The van der Waals surface area contributed by atoms with Crippen LogP contribution in [0.4, 0.5) is 0 Å². The van der Waals surface area contributed by atoms with Crippen molar-refractivity contribution in [3.63, 3.8) is 0 Å². The molecule has 0 aliphatic heterocycles. The molecule has 5 heteroatoms. The van der Waals surface area contributed by atoms with E-state index in [2.05, 4.69) is 4.52 Å². The standard InChI is InChI=1S/C2H7O3P.Mg.2H/c1-5-6(2,3)4;;;/h1-2H3,(H,3,4);;;/q;+2;2*-1. The maximum atomic E-state index is 9.92. The average Bonchev–Trinajstić information content (AvgIpc) is 1.35. The Morgan fingerprint density at radius 2 is 2.00 bits per heavy atom. The first-order valence-corrected chi connectivity index (χ1v) is 3.45. The summed E-state index contributed by atoms with van der Waals surface area (Å²) in [5.41, 5.74) is 0. The van der Waals surface area contributed by atoms with E-state index >= 15 is 0 Å². The predicted octanol–water partition coefficient (Wildman–Crippen LogP) is 0.292.